The largest absolute Gasteiger partial charge is 0.329 e. The molecular weight excluding hydrogens is 246 g/mol. The van der Waals surface area contributed by atoms with Gasteiger partial charge in [0, 0.05) is 13.1 Å². The zero-order valence-electron chi connectivity index (χ0n) is 12.5. The number of hydrogen-bond donors (Lipinski definition) is 0. The van der Waals surface area contributed by atoms with Crippen LogP contribution < -0.4 is 0 Å². The van der Waals surface area contributed by atoms with Crippen molar-refractivity contribution in [2.75, 3.05) is 19.6 Å². The third-order valence-corrected chi connectivity index (χ3v) is 4.59. The quantitative estimate of drug-likeness (QED) is 0.829. The molecule has 0 amide bonds. The van der Waals surface area contributed by atoms with E-state index in [1.165, 1.54) is 44.3 Å². The van der Waals surface area contributed by atoms with Gasteiger partial charge in [-0.2, -0.15) is 0 Å². The molecule has 3 nitrogen and oxygen atoms in total. The van der Waals surface area contributed by atoms with Crippen LogP contribution in [0.4, 0.5) is 0 Å². The summed E-state index contributed by atoms with van der Waals surface area (Å²) >= 11 is 0. The zero-order valence-corrected chi connectivity index (χ0v) is 12.5. The number of likely N-dealkylation sites (tertiary alicyclic amines) is 1. The second-order valence-electron chi connectivity index (χ2n) is 6.00. The summed E-state index contributed by atoms with van der Waals surface area (Å²) in [6, 6.07) is 8.40. The van der Waals surface area contributed by atoms with Gasteiger partial charge in [-0.15, -0.1) is 0 Å². The molecule has 108 valence electrons. The lowest BCUT2D eigenvalue weighted by atomic mass is 9.92. The standard InChI is InChI=1S/C17H25N3/c1-2-5-15-8-10-19(11-9-15)12-13-20-14-18-16-6-3-4-7-17(16)20/h3-4,6-7,14-15H,2,5,8-13H2,1H3. The van der Waals surface area contributed by atoms with Crippen LogP contribution in [-0.2, 0) is 6.54 Å². The summed E-state index contributed by atoms with van der Waals surface area (Å²) in [5.41, 5.74) is 2.36. The van der Waals surface area contributed by atoms with Gasteiger partial charge in [-0.1, -0.05) is 31.9 Å². The molecule has 3 heteroatoms. The molecule has 1 saturated heterocycles. The van der Waals surface area contributed by atoms with E-state index < -0.39 is 0 Å². The zero-order chi connectivity index (χ0) is 13.8. The number of fused-ring (bicyclic) bond motifs is 1. The average molecular weight is 271 g/mol. The fourth-order valence-electron chi connectivity index (χ4n) is 3.34. The van der Waals surface area contributed by atoms with Crippen LogP contribution >= 0.6 is 0 Å². The van der Waals surface area contributed by atoms with Crippen LogP contribution in [-0.4, -0.2) is 34.1 Å². The van der Waals surface area contributed by atoms with E-state index in [9.17, 15) is 0 Å². The number of rotatable bonds is 5. The highest BCUT2D eigenvalue weighted by Gasteiger charge is 2.18. The number of aromatic nitrogens is 2. The molecule has 3 rings (SSSR count). The summed E-state index contributed by atoms with van der Waals surface area (Å²) in [4.78, 5) is 7.08. The first-order chi connectivity index (χ1) is 9.86. The van der Waals surface area contributed by atoms with E-state index in [4.69, 9.17) is 0 Å². The van der Waals surface area contributed by atoms with Gasteiger partial charge in [0.25, 0.3) is 0 Å². The molecule has 20 heavy (non-hydrogen) atoms. The van der Waals surface area contributed by atoms with E-state index >= 15 is 0 Å². The van der Waals surface area contributed by atoms with Gasteiger partial charge in [0.2, 0.25) is 0 Å². The van der Waals surface area contributed by atoms with Crippen molar-refractivity contribution in [3.8, 4) is 0 Å². The van der Waals surface area contributed by atoms with E-state index in [-0.39, 0.29) is 0 Å². The molecule has 1 aromatic carbocycles. The first-order valence-corrected chi connectivity index (χ1v) is 7.99. The number of piperidine rings is 1. The fraction of sp³-hybridized carbons (Fsp3) is 0.588. The lowest BCUT2D eigenvalue weighted by molar-refractivity contribution is 0.174. The van der Waals surface area contributed by atoms with Crippen LogP contribution in [0.2, 0.25) is 0 Å². The van der Waals surface area contributed by atoms with Gasteiger partial charge in [0.1, 0.15) is 0 Å². The summed E-state index contributed by atoms with van der Waals surface area (Å²) in [6.45, 7) is 7.06. The van der Waals surface area contributed by atoms with Gasteiger partial charge >= 0.3 is 0 Å². The Kier molecular flexibility index (Phi) is 4.36. The maximum atomic E-state index is 4.46. The molecule has 0 bridgehead atoms. The average Bonchev–Trinajstić information content (AvgIpc) is 2.90. The molecule has 0 atom stereocenters. The van der Waals surface area contributed by atoms with Crippen LogP contribution in [0, 0.1) is 5.92 Å². The van der Waals surface area contributed by atoms with E-state index in [2.05, 4.69) is 45.6 Å². The molecule has 0 aliphatic carbocycles. The van der Waals surface area contributed by atoms with E-state index in [1.807, 2.05) is 6.33 Å². The maximum Gasteiger partial charge on any atom is 0.0958 e. The minimum Gasteiger partial charge on any atom is -0.329 e. The number of para-hydroxylation sites is 2. The second kappa shape index (κ2) is 6.40. The second-order valence-corrected chi connectivity index (χ2v) is 6.00. The Balaban J connectivity index is 1.53. The summed E-state index contributed by atoms with van der Waals surface area (Å²) in [7, 11) is 0. The highest BCUT2D eigenvalue weighted by molar-refractivity contribution is 5.74. The SMILES string of the molecule is CCCC1CCN(CCn2cnc3ccccc32)CC1. The lowest BCUT2D eigenvalue weighted by Crippen LogP contribution is -2.35. The van der Waals surface area contributed by atoms with Crippen LogP contribution in [0.25, 0.3) is 11.0 Å². The van der Waals surface area contributed by atoms with Gasteiger partial charge in [-0.25, -0.2) is 4.98 Å². The molecule has 0 saturated carbocycles. The van der Waals surface area contributed by atoms with Crippen molar-refractivity contribution >= 4 is 11.0 Å². The summed E-state index contributed by atoms with van der Waals surface area (Å²) in [5.74, 6) is 0.977. The normalized spacial score (nSPS) is 17.9. The lowest BCUT2D eigenvalue weighted by Gasteiger charge is -2.31. The van der Waals surface area contributed by atoms with Gasteiger partial charge in [-0.05, 0) is 44.0 Å². The van der Waals surface area contributed by atoms with Crippen LogP contribution in [0.3, 0.4) is 0 Å². The molecule has 1 aliphatic rings. The third kappa shape index (κ3) is 3.04. The molecule has 2 heterocycles. The summed E-state index contributed by atoms with van der Waals surface area (Å²) < 4.78 is 2.29. The Morgan fingerprint density at radius 3 is 2.75 bits per heavy atom. The highest BCUT2D eigenvalue weighted by Crippen LogP contribution is 2.21. The molecule has 1 aromatic heterocycles. The van der Waals surface area contributed by atoms with Gasteiger partial charge in [-0.3, -0.25) is 0 Å². The smallest absolute Gasteiger partial charge is 0.0958 e. The highest BCUT2D eigenvalue weighted by atomic mass is 15.2. The number of hydrogen-bond acceptors (Lipinski definition) is 2. The number of nitrogens with zero attached hydrogens (tertiary/aromatic N) is 3. The Hall–Kier alpha value is -1.35. The predicted octanol–water partition coefficient (Wildman–Crippen LogP) is 3.55. The van der Waals surface area contributed by atoms with Gasteiger partial charge in [0.15, 0.2) is 0 Å². The van der Waals surface area contributed by atoms with E-state index in [0.717, 1.165) is 24.5 Å². The Labute approximate surface area is 121 Å². The Morgan fingerprint density at radius 2 is 1.95 bits per heavy atom. The van der Waals surface area contributed by atoms with Crippen molar-refractivity contribution in [3.05, 3.63) is 30.6 Å². The van der Waals surface area contributed by atoms with E-state index in [1.54, 1.807) is 0 Å². The minimum absolute atomic E-state index is 0.977. The molecular formula is C17H25N3. The van der Waals surface area contributed by atoms with E-state index in [0.29, 0.717) is 0 Å². The number of benzene rings is 1. The summed E-state index contributed by atoms with van der Waals surface area (Å²) in [6.07, 6.45) is 7.51. The first kappa shape index (κ1) is 13.6. The van der Waals surface area contributed by atoms with Crippen LogP contribution in [0.5, 0.6) is 0 Å². The summed E-state index contributed by atoms with van der Waals surface area (Å²) in [5, 5.41) is 0. The molecule has 1 fully saturated rings. The molecule has 2 aromatic rings. The van der Waals surface area contributed by atoms with Crippen LogP contribution in [0.1, 0.15) is 32.6 Å². The maximum absolute atomic E-state index is 4.46. The molecule has 0 spiro atoms. The minimum atomic E-state index is 0.977. The van der Waals surface area contributed by atoms with Crippen molar-refractivity contribution in [2.24, 2.45) is 5.92 Å². The van der Waals surface area contributed by atoms with Crippen molar-refractivity contribution in [1.29, 1.82) is 0 Å². The predicted molar refractivity (Wildman–Crippen MR) is 83.8 cm³/mol. The molecule has 0 unspecified atom stereocenters. The Bertz CT molecular complexity index is 538. The van der Waals surface area contributed by atoms with Crippen molar-refractivity contribution in [2.45, 2.75) is 39.2 Å². The van der Waals surface area contributed by atoms with Gasteiger partial charge < -0.3 is 9.47 Å². The monoisotopic (exact) mass is 271 g/mol. The molecule has 1 aliphatic heterocycles. The first-order valence-electron chi connectivity index (χ1n) is 7.99. The molecule has 0 N–H and O–H groups in total. The topological polar surface area (TPSA) is 21.1 Å². The third-order valence-electron chi connectivity index (χ3n) is 4.59. The van der Waals surface area contributed by atoms with Crippen molar-refractivity contribution in [1.82, 2.24) is 14.5 Å². The van der Waals surface area contributed by atoms with Crippen molar-refractivity contribution in [3.63, 3.8) is 0 Å². The fourth-order valence-corrected chi connectivity index (χ4v) is 3.34. The molecule has 0 radical (unpaired) electrons. The van der Waals surface area contributed by atoms with Gasteiger partial charge in [0.05, 0.1) is 17.4 Å². The Morgan fingerprint density at radius 1 is 1.15 bits per heavy atom. The van der Waals surface area contributed by atoms with Crippen molar-refractivity contribution < 1.29 is 0 Å². The number of imidazole rings is 1. The van der Waals surface area contributed by atoms with Crippen LogP contribution in [0.15, 0.2) is 30.6 Å².